The van der Waals surface area contributed by atoms with Crippen molar-refractivity contribution in [1.82, 2.24) is 5.32 Å². The Morgan fingerprint density at radius 3 is 2.85 bits per heavy atom. The molecule has 3 atom stereocenters. The lowest BCUT2D eigenvalue weighted by Gasteiger charge is -2.28. The first-order valence-electron chi connectivity index (χ1n) is 6.76. The zero-order valence-corrected chi connectivity index (χ0v) is 12.2. The molecule has 1 aliphatic heterocycles. The topological polar surface area (TPSA) is 73.6 Å². The second-order valence-corrected chi connectivity index (χ2v) is 5.48. The average Bonchev–Trinajstić information content (AvgIpc) is 2.79. The maximum Gasteiger partial charge on any atom is 0.230 e. The molecular weight excluding hydrogens is 256 g/mol. The first-order chi connectivity index (χ1) is 9.49. The summed E-state index contributed by atoms with van der Waals surface area (Å²) in [5.41, 5.74) is 6.25. The first-order valence-corrected chi connectivity index (χ1v) is 6.76. The van der Waals surface area contributed by atoms with Gasteiger partial charge in [0, 0.05) is 11.6 Å². The SMILES string of the molecule is COc1ccccc1C(C)NC(=O)C1(C)COCC1N. The molecule has 0 saturated carbocycles. The van der Waals surface area contributed by atoms with Crippen LogP contribution in [0.4, 0.5) is 0 Å². The molecular formula is C15H22N2O3. The summed E-state index contributed by atoms with van der Waals surface area (Å²) in [6.45, 7) is 4.56. The second kappa shape index (κ2) is 5.81. The monoisotopic (exact) mass is 278 g/mol. The van der Waals surface area contributed by atoms with Gasteiger partial charge in [0.1, 0.15) is 5.75 Å². The number of amides is 1. The highest BCUT2D eigenvalue weighted by Crippen LogP contribution is 2.30. The third-order valence-electron chi connectivity index (χ3n) is 3.99. The fourth-order valence-electron chi connectivity index (χ4n) is 2.39. The van der Waals surface area contributed by atoms with Crippen molar-refractivity contribution in [3.63, 3.8) is 0 Å². The highest BCUT2D eigenvalue weighted by atomic mass is 16.5. The Labute approximate surface area is 119 Å². The van der Waals surface area contributed by atoms with Crippen LogP contribution in [0, 0.1) is 5.41 Å². The summed E-state index contributed by atoms with van der Waals surface area (Å²) < 4.78 is 10.6. The number of para-hydroxylation sites is 1. The van der Waals surface area contributed by atoms with E-state index < -0.39 is 5.41 Å². The van der Waals surface area contributed by atoms with Gasteiger partial charge in [-0.25, -0.2) is 0 Å². The van der Waals surface area contributed by atoms with E-state index in [1.807, 2.05) is 38.1 Å². The van der Waals surface area contributed by atoms with E-state index in [1.165, 1.54) is 0 Å². The molecule has 3 N–H and O–H groups in total. The molecule has 1 aromatic rings. The van der Waals surface area contributed by atoms with Gasteiger partial charge in [0.05, 0.1) is 31.8 Å². The summed E-state index contributed by atoms with van der Waals surface area (Å²) >= 11 is 0. The van der Waals surface area contributed by atoms with Gasteiger partial charge in [-0.05, 0) is 19.9 Å². The van der Waals surface area contributed by atoms with E-state index in [4.69, 9.17) is 15.2 Å². The Morgan fingerprint density at radius 2 is 2.25 bits per heavy atom. The van der Waals surface area contributed by atoms with E-state index in [9.17, 15) is 4.79 Å². The molecule has 1 amide bonds. The van der Waals surface area contributed by atoms with Gasteiger partial charge < -0.3 is 20.5 Å². The molecule has 0 aliphatic carbocycles. The molecule has 1 aliphatic rings. The van der Waals surface area contributed by atoms with Crippen LogP contribution in [0.2, 0.25) is 0 Å². The molecule has 3 unspecified atom stereocenters. The van der Waals surface area contributed by atoms with Gasteiger partial charge in [0.25, 0.3) is 0 Å². The number of rotatable bonds is 4. The Morgan fingerprint density at radius 1 is 1.55 bits per heavy atom. The van der Waals surface area contributed by atoms with Crippen molar-refractivity contribution >= 4 is 5.91 Å². The molecule has 1 saturated heterocycles. The largest absolute Gasteiger partial charge is 0.496 e. The number of hydrogen-bond donors (Lipinski definition) is 2. The van der Waals surface area contributed by atoms with Crippen LogP contribution in [-0.2, 0) is 9.53 Å². The quantitative estimate of drug-likeness (QED) is 0.869. The minimum absolute atomic E-state index is 0.0825. The molecule has 0 bridgehead atoms. The molecule has 5 heteroatoms. The van der Waals surface area contributed by atoms with Crippen LogP contribution in [0.5, 0.6) is 5.75 Å². The lowest BCUT2D eigenvalue weighted by Crippen LogP contribution is -2.50. The van der Waals surface area contributed by atoms with Crippen LogP contribution in [0.3, 0.4) is 0 Å². The van der Waals surface area contributed by atoms with E-state index in [0.717, 1.165) is 11.3 Å². The minimum Gasteiger partial charge on any atom is -0.496 e. The summed E-state index contributed by atoms with van der Waals surface area (Å²) in [5.74, 6) is 0.679. The molecule has 1 fully saturated rings. The van der Waals surface area contributed by atoms with Crippen LogP contribution < -0.4 is 15.8 Å². The Kier molecular flexibility index (Phi) is 4.30. The van der Waals surface area contributed by atoms with Gasteiger partial charge in [-0.15, -0.1) is 0 Å². The van der Waals surface area contributed by atoms with Crippen LogP contribution in [0.15, 0.2) is 24.3 Å². The molecule has 0 aromatic heterocycles. The Balaban J connectivity index is 2.11. The highest BCUT2D eigenvalue weighted by molar-refractivity contribution is 5.84. The molecule has 5 nitrogen and oxygen atoms in total. The van der Waals surface area contributed by atoms with Gasteiger partial charge in [-0.1, -0.05) is 18.2 Å². The normalized spacial score (nSPS) is 27.1. The van der Waals surface area contributed by atoms with Gasteiger partial charge in [-0.3, -0.25) is 4.79 Å². The number of carbonyl (C=O) groups excluding carboxylic acids is 1. The van der Waals surface area contributed by atoms with Crippen molar-refractivity contribution in [2.24, 2.45) is 11.1 Å². The lowest BCUT2D eigenvalue weighted by atomic mass is 9.84. The average molecular weight is 278 g/mol. The van der Waals surface area contributed by atoms with Gasteiger partial charge in [0.15, 0.2) is 0 Å². The molecule has 0 spiro atoms. The molecule has 0 radical (unpaired) electrons. The van der Waals surface area contributed by atoms with Crippen LogP contribution in [0.25, 0.3) is 0 Å². The van der Waals surface area contributed by atoms with E-state index >= 15 is 0 Å². The summed E-state index contributed by atoms with van der Waals surface area (Å²) in [5, 5.41) is 3.00. The van der Waals surface area contributed by atoms with Crippen molar-refractivity contribution in [3.8, 4) is 5.75 Å². The van der Waals surface area contributed by atoms with E-state index in [0.29, 0.717) is 13.2 Å². The lowest BCUT2D eigenvalue weighted by molar-refractivity contribution is -0.131. The molecule has 1 aromatic carbocycles. The fraction of sp³-hybridized carbons (Fsp3) is 0.533. The van der Waals surface area contributed by atoms with E-state index in [2.05, 4.69) is 5.32 Å². The van der Waals surface area contributed by atoms with Gasteiger partial charge in [0.2, 0.25) is 5.91 Å². The molecule has 1 heterocycles. The zero-order chi connectivity index (χ0) is 14.8. The van der Waals surface area contributed by atoms with Crippen molar-refractivity contribution in [1.29, 1.82) is 0 Å². The number of benzene rings is 1. The summed E-state index contributed by atoms with van der Waals surface area (Å²) in [4.78, 5) is 12.4. The number of nitrogens with two attached hydrogens (primary N) is 1. The Hall–Kier alpha value is -1.59. The number of carbonyl (C=O) groups is 1. The molecule has 20 heavy (non-hydrogen) atoms. The van der Waals surface area contributed by atoms with Crippen LogP contribution >= 0.6 is 0 Å². The van der Waals surface area contributed by atoms with Crippen molar-refractivity contribution in [3.05, 3.63) is 29.8 Å². The zero-order valence-electron chi connectivity index (χ0n) is 12.2. The first kappa shape index (κ1) is 14.8. The maximum atomic E-state index is 12.4. The summed E-state index contributed by atoms with van der Waals surface area (Å²) in [7, 11) is 1.62. The van der Waals surface area contributed by atoms with Gasteiger partial charge in [-0.2, -0.15) is 0 Å². The molecule has 2 rings (SSSR count). The molecule has 110 valence electrons. The summed E-state index contributed by atoms with van der Waals surface area (Å²) in [6.07, 6.45) is 0. The minimum atomic E-state index is -0.670. The van der Waals surface area contributed by atoms with Crippen molar-refractivity contribution in [2.75, 3.05) is 20.3 Å². The van der Waals surface area contributed by atoms with Crippen LogP contribution in [-0.4, -0.2) is 32.3 Å². The van der Waals surface area contributed by atoms with Crippen molar-refractivity contribution in [2.45, 2.75) is 25.9 Å². The summed E-state index contributed by atoms with van der Waals surface area (Å²) in [6, 6.07) is 7.22. The number of ether oxygens (including phenoxy) is 2. The maximum absolute atomic E-state index is 12.4. The third kappa shape index (κ3) is 2.64. The van der Waals surface area contributed by atoms with E-state index in [-0.39, 0.29) is 18.0 Å². The standard InChI is InChI=1S/C15H22N2O3/c1-10(11-6-4-5-7-12(11)19-3)17-14(18)15(2)9-20-8-13(15)16/h4-7,10,13H,8-9,16H2,1-3H3,(H,17,18). The fourth-order valence-corrected chi connectivity index (χ4v) is 2.39. The van der Waals surface area contributed by atoms with Crippen molar-refractivity contribution < 1.29 is 14.3 Å². The third-order valence-corrected chi connectivity index (χ3v) is 3.99. The Bertz CT molecular complexity index is 492. The predicted molar refractivity (Wildman–Crippen MR) is 76.5 cm³/mol. The number of methoxy groups -OCH3 is 1. The van der Waals surface area contributed by atoms with E-state index in [1.54, 1.807) is 7.11 Å². The number of hydrogen-bond acceptors (Lipinski definition) is 4. The second-order valence-electron chi connectivity index (χ2n) is 5.48. The smallest absolute Gasteiger partial charge is 0.230 e. The highest BCUT2D eigenvalue weighted by Gasteiger charge is 2.44. The van der Waals surface area contributed by atoms with Gasteiger partial charge >= 0.3 is 0 Å². The number of nitrogens with one attached hydrogen (secondary N) is 1. The predicted octanol–water partition coefficient (Wildman–Crippen LogP) is 1.24. The van der Waals surface area contributed by atoms with Crippen LogP contribution in [0.1, 0.15) is 25.5 Å².